The van der Waals surface area contributed by atoms with Crippen LogP contribution in [0.5, 0.6) is 17.5 Å². The quantitative estimate of drug-likeness (QED) is 0.572. The molecule has 2 saturated heterocycles. The summed E-state index contributed by atoms with van der Waals surface area (Å²) in [6.45, 7) is 1.87. The molecule has 0 saturated carbocycles. The lowest BCUT2D eigenvalue weighted by atomic mass is 10.0. The van der Waals surface area contributed by atoms with E-state index in [0.29, 0.717) is 80.0 Å². The van der Waals surface area contributed by atoms with Crippen molar-refractivity contribution in [2.45, 2.75) is 31.8 Å². The molecule has 5 heterocycles. The minimum Gasteiger partial charge on any atom is -0.488 e. The fourth-order valence-corrected chi connectivity index (χ4v) is 6.16. The Balaban J connectivity index is 1.29. The smallest absolute Gasteiger partial charge is 0.269 e. The normalized spacial score (nSPS) is 23.8. The maximum atomic E-state index is 13.5. The first-order chi connectivity index (χ1) is 17.4. The van der Waals surface area contributed by atoms with E-state index >= 15 is 0 Å². The number of rotatable bonds is 6. The van der Waals surface area contributed by atoms with Crippen molar-refractivity contribution in [3.8, 4) is 17.5 Å². The minimum absolute atomic E-state index is 0.0646. The highest BCUT2D eigenvalue weighted by atomic mass is 32.2. The topological polar surface area (TPSA) is 94.1 Å². The van der Waals surface area contributed by atoms with Crippen molar-refractivity contribution in [1.82, 2.24) is 14.9 Å². The molecule has 1 atom stereocenters. The third-order valence-corrected chi connectivity index (χ3v) is 8.15. The minimum atomic E-state index is -2.73. The highest BCUT2D eigenvalue weighted by Gasteiger charge is 2.34. The molecule has 12 heteroatoms. The summed E-state index contributed by atoms with van der Waals surface area (Å²) in [4.78, 5) is 25.0. The summed E-state index contributed by atoms with van der Waals surface area (Å²) in [5.74, 6) is 1.99. The number of aromatic nitrogens is 2. The van der Waals surface area contributed by atoms with Crippen LogP contribution in [-0.2, 0) is 15.6 Å². The number of anilines is 2. The average Bonchev–Trinajstić information content (AvgIpc) is 3.36. The van der Waals surface area contributed by atoms with Gasteiger partial charge in [0.15, 0.2) is 5.75 Å². The third kappa shape index (κ3) is 5.09. The predicted molar refractivity (Wildman–Crippen MR) is 129 cm³/mol. The van der Waals surface area contributed by atoms with Crippen molar-refractivity contribution in [2.75, 3.05) is 49.8 Å². The van der Waals surface area contributed by atoms with Crippen LogP contribution in [0.15, 0.2) is 24.5 Å². The summed E-state index contributed by atoms with van der Waals surface area (Å²) >= 11 is 0. The second-order valence-electron chi connectivity index (χ2n) is 9.02. The Morgan fingerprint density at radius 3 is 2.72 bits per heavy atom. The van der Waals surface area contributed by atoms with Gasteiger partial charge in [-0.05, 0) is 18.9 Å². The lowest BCUT2D eigenvalue weighted by Gasteiger charge is -2.31. The van der Waals surface area contributed by atoms with Gasteiger partial charge in [-0.2, -0.15) is 0 Å². The first kappa shape index (κ1) is 24.7. The molecular weight excluding hydrogens is 494 g/mol. The molecule has 1 amide bonds. The number of halogens is 2. The number of carbonyl (C=O) groups is 1. The number of carbonyl (C=O) groups excluding carboxylic acids is 1. The summed E-state index contributed by atoms with van der Waals surface area (Å²) in [6, 6.07) is 3.09. The molecule has 0 spiro atoms. The van der Waals surface area contributed by atoms with Crippen LogP contribution in [0.4, 0.5) is 20.2 Å². The summed E-state index contributed by atoms with van der Waals surface area (Å²) in [5, 5.41) is 0. The number of methoxy groups -OCH3 is 1. The zero-order valence-electron chi connectivity index (χ0n) is 19.9. The molecule has 2 aromatic heterocycles. The fourth-order valence-electron chi connectivity index (χ4n) is 4.86. The Kier molecular flexibility index (Phi) is 7.22. The molecule has 0 bridgehead atoms. The largest absolute Gasteiger partial charge is 0.488 e. The van der Waals surface area contributed by atoms with Gasteiger partial charge in [-0.15, -0.1) is 0 Å². The number of fused-ring (bicyclic) bond motifs is 1. The number of alkyl halides is 2. The van der Waals surface area contributed by atoms with Crippen LogP contribution >= 0.6 is 0 Å². The van der Waals surface area contributed by atoms with Crippen LogP contribution in [0.1, 0.15) is 31.3 Å². The molecule has 2 fully saturated rings. The van der Waals surface area contributed by atoms with E-state index in [0.717, 1.165) is 0 Å². The third-order valence-electron chi connectivity index (χ3n) is 6.77. The standard InChI is InChI=1S/C24H28F2N4O5S/c1-33-23-18(22(25)26)10-16(12-28-23)30-6-7-34-20-13-27-21(11-19(20)30)35-17-2-5-29(14-17)24(31)15-3-8-36(32)9-4-15/h10-13,15,17,22H,2-9,14H2,1H3. The van der Waals surface area contributed by atoms with E-state index in [1.807, 2.05) is 9.80 Å². The van der Waals surface area contributed by atoms with Crippen LogP contribution in [0.25, 0.3) is 0 Å². The number of amides is 1. The molecule has 5 rings (SSSR count). The van der Waals surface area contributed by atoms with Gasteiger partial charge >= 0.3 is 0 Å². The molecular formula is C24H28F2N4O5S. The van der Waals surface area contributed by atoms with Crippen molar-refractivity contribution in [3.63, 3.8) is 0 Å². The second kappa shape index (κ2) is 10.5. The first-order valence-corrected chi connectivity index (χ1v) is 13.4. The number of hydrogen-bond acceptors (Lipinski definition) is 8. The van der Waals surface area contributed by atoms with Gasteiger partial charge in [0.2, 0.25) is 17.7 Å². The fraction of sp³-hybridized carbons (Fsp3) is 0.542. The Morgan fingerprint density at radius 2 is 1.97 bits per heavy atom. The Morgan fingerprint density at radius 1 is 1.17 bits per heavy atom. The van der Waals surface area contributed by atoms with Crippen LogP contribution in [0, 0.1) is 5.92 Å². The van der Waals surface area contributed by atoms with Crippen molar-refractivity contribution in [2.24, 2.45) is 5.92 Å². The zero-order valence-corrected chi connectivity index (χ0v) is 20.7. The number of pyridine rings is 2. The van der Waals surface area contributed by atoms with Crippen molar-refractivity contribution >= 4 is 28.1 Å². The van der Waals surface area contributed by atoms with E-state index in [9.17, 15) is 17.8 Å². The van der Waals surface area contributed by atoms with Gasteiger partial charge in [0, 0.05) is 47.3 Å². The van der Waals surface area contributed by atoms with Crippen LogP contribution in [-0.4, -0.2) is 75.9 Å². The first-order valence-electron chi connectivity index (χ1n) is 12.0. The summed E-state index contributed by atoms with van der Waals surface area (Å²) in [6.07, 6.45) is 2.14. The molecule has 1 unspecified atom stereocenters. The maximum Gasteiger partial charge on any atom is 0.269 e. The molecule has 0 aromatic carbocycles. The number of ether oxygens (including phenoxy) is 3. The molecule has 36 heavy (non-hydrogen) atoms. The summed E-state index contributed by atoms with van der Waals surface area (Å²) < 4.78 is 55.5. The predicted octanol–water partition coefficient (Wildman–Crippen LogP) is 3.09. The average molecular weight is 523 g/mol. The van der Waals surface area contributed by atoms with Crippen LogP contribution in [0.3, 0.4) is 0 Å². The number of nitrogens with zero attached hydrogens (tertiary/aromatic N) is 4. The van der Waals surface area contributed by atoms with Crippen molar-refractivity contribution in [3.05, 3.63) is 30.1 Å². The molecule has 194 valence electrons. The molecule has 2 aromatic rings. The molecule has 0 aliphatic carbocycles. The molecule has 3 aliphatic heterocycles. The number of likely N-dealkylation sites (tertiary alicyclic amines) is 1. The molecule has 3 aliphatic rings. The monoisotopic (exact) mass is 522 g/mol. The Labute approximate surface area is 210 Å². The highest BCUT2D eigenvalue weighted by Crippen LogP contribution is 2.40. The zero-order chi connectivity index (χ0) is 25.2. The molecule has 0 N–H and O–H groups in total. The van der Waals surface area contributed by atoms with Gasteiger partial charge in [0.1, 0.15) is 12.7 Å². The van der Waals surface area contributed by atoms with Gasteiger partial charge in [-0.25, -0.2) is 18.7 Å². The summed E-state index contributed by atoms with van der Waals surface area (Å²) in [5.41, 5.74) is 0.840. The van der Waals surface area contributed by atoms with E-state index in [-0.39, 0.29) is 29.4 Å². The highest BCUT2D eigenvalue weighted by molar-refractivity contribution is 7.85. The van der Waals surface area contributed by atoms with Gasteiger partial charge in [-0.1, -0.05) is 0 Å². The molecule has 9 nitrogen and oxygen atoms in total. The summed E-state index contributed by atoms with van der Waals surface area (Å²) in [7, 11) is 0.506. The van der Waals surface area contributed by atoms with E-state index in [1.165, 1.54) is 19.4 Å². The number of hydrogen-bond donors (Lipinski definition) is 0. The van der Waals surface area contributed by atoms with E-state index in [4.69, 9.17) is 14.2 Å². The van der Waals surface area contributed by atoms with Crippen LogP contribution < -0.4 is 19.1 Å². The SMILES string of the molecule is COc1ncc(N2CCOc3cnc(OC4CCN(C(=O)C5CCS(=O)CC5)C4)cc32)cc1C(F)F. The van der Waals surface area contributed by atoms with Crippen molar-refractivity contribution in [1.29, 1.82) is 0 Å². The Bertz CT molecular complexity index is 1140. The maximum absolute atomic E-state index is 13.5. The van der Waals surface area contributed by atoms with E-state index in [2.05, 4.69) is 9.97 Å². The van der Waals surface area contributed by atoms with E-state index in [1.54, 1.807) is 12.3 Å². The van der Waals surface area contributed by atoms with Gasteiger partial charge in [0.25, 0.3) is 6.43 Å². The lowest BCUT2D eigenvalue weighted by Crippen LogP contribution is -2.38. The lowest BCUT2D eigenvalue weighted by molar-refractivity contribution is -0.135. The second-order valence-corrected chi connectivity index (χ2v) is 10.7. The van der Waals surface area contributed by atoms with Crippen LogP contribution in [0.2, 0.25) is 0 Å². The van der Waals surface area contributed by atoms with E-state index < -0.39 is 17.2 Å². The van der Waals surface area contributed by atoms with Gasteiger partial charge < -0.3 is 24.0 Å². The van der Waals surface area contributed by atoms with Gasteiger partial charge in [-0.3, -0.25) is 9.00 Å². The van der Waals surface area contributed by atoms with Gasteiger partial charge in [0.05, 0.1) is 49.5 Å². The van der Waals surface area contributed by atoms with Crippen molar-refractivity contribution < 1.29 is 32.0 Å². The molecule has 0 radical (unpaired) electrons. The Hall–Kier alpha value is -3.02.